The van der Waals surface area contributed by atoms with Gasteiger partial charge in [-0.05, 0) is 38.8 Å². The molecule has 1 amide bonds. The van der Waals surface area contributed by atoms with E-state index in [4.69, 9.17) is 4.74 Å². The van der Waals surface area contributed by atoms with Crippen molar-refractivity contribution in [3.63, 3.8) is 0 Å². The minimum Gasteiger partial charge on any atom is -0.496 e. The first-order chi connectivity index (χ1) is 10.5. The number of carbonyl (C=O) groups excluding carboxylic acids is 1. The molecule has 2 unspecified atom stereocenters. The fourth-order valence-electron chi connectivity index (χ4n) is 3.01. The molecule has 22 heavy (non-hydrogen) atoms. The lowest BCUT2D eigenvalue weighted by Gasteiger charge is -2.35. The van der Waals surface area contributed by atoms with E-state index >= 15 is 0 Å². The summed E-state index contributed by atoms with van der Waals surface area (Å²) in [4.78, 5) is 14.4. The van der Waals surface area contributed by atoms with Crippen LogP contribution in [0.1, 0.15) is 26.3 Å². The fraction of sp³-hybridized carbons (Fsp3) is 0.500. The Hall–Kier alpha value is -1.81. The number of para-hydroxylation sites is 1. The van der Waals surface area contributed by atoms with E-state index < -0.39 is 0 Å². The van der Waals surface area contributed by atoms with E-state index in [1.807, 2.05) is 36.1 Å². The molecule has 1 saturated heterocycles. The molecule has 2 atom stereocenters. The van der Waals surface area contributed by atoms with Crippen molar-refractivity contribution in [3.05, 3.63) is 41.5 Å². The summed E-state index contributed by atoms with van der Waals surface area (Å²) in [6, 6.07) is 8.62. The van der Waals surface area contributed by atoms with Gasteiger partial charge in [-0.25, -0.2) is 0 Å². The maximum Gasteiger partial charge on any atom is 0.246 e. The molecule has 0 bridgehead atoms. The molecule has 0 aromatic heterocycles. The maximum absolute atomic E-state index is 12.4. The Labute approximate surface area is 133 Å². The summed E-state index contributed by atoms with van der Waals surface area (Å²) >= 11 is 0. The Morgan fingerprint density at radius 3 is 2.59 bits per heavy atom. The van der Waals surface area contributed by atoms with Gasteiger partial charge >= 0.3 is 0 Å². The Balaban J connectivity index is 2.03. The maximum atomic E-state index is 12.4. The van der Waals surface area contributed by atoms with Crippen molar-refractivity contribution in [3.8, 4) is 5.75 Å². The van der Waals surface area contributed by atoms with Crippen LogP contribution in [-0.4, -0.2) is 43.1 Å². The van der Waals surface area contributed by atoms with Gasteiger partial charge in [-0.1, -0.05) is 23.8 Å². The van der Waals surface area contributed by atoms with Gasteiger partial charge < -0.3 is 15.0 Å². The molecule has 0 aliphatic carbocycles. The molecule has 1 N–H and O–H groups in total. The minimum absolute atomic E-state index is 0.104. The van der Waals surface area contributed by atoms with Crippen LogP contribution in [-0.2, 0) is 11.2 Å². The van der Waals surface area contributed by atoms with Gasteiger partial charge in [-0.15, -0.1) is 0 Å². The van der Waals surface area contributed by atoms with Crippen LogP contribution in [0.3, 0.4) is 0 Å². The van der Waals surface area contributed by atoms with E-state index in [1.165, 1.54) is 0 Å². The number of carbonyl (C=O) groups is 1. The molecule has 120 valence electrons. The second-order valence-corrected chi connectivity index (χ2v) is 6.19. The quantitative estimate of drug-likeness (QED) is 0.868. The molecule has 1 aromatic rings. The van der Waals surface area contributed by atoms with Crippen LogP contribution in [0.15, 0.2) is 35.9 Å². The number of methoxy groups -OCH3 is 1. The smallest absolute Gasteiger partial charge is 0.246 e. The summed E-state index contributed by atoms with van der Waals surface area (Å²) in [7, 11) is 1.67. The third-order valence-electron chi connectivity index (χ3n) is 3.90. The molecule has 0 saturated carbocycles. The lowest BCUT2D eigenvalue weighted by Crippen LogP contribution is -2.55. The first-order valence-electron chi connectivity index (χ1n) is 7.83. The first kappa shape index (κ1) is 16.6. The normalized spacial score (nSPS) is 22.5. The largest absolute Gasteiger partial charge is 0.496 e. The highest BCUT2D eigenvalue weighted by Gasteiger charge is 2.23. The van der Waals surface area contributed by atoms with Crippen LogP contribution in [0.2, 0.25) is 0 Å². The number of piperazine rings is 1. The number of hydrogen-bond donors (Lipinski definition) is 1. The van der Waals surface area contributed by atoms with E-state index in [0.29, 0.717) is 12.1 Å². The zero-order valence-electron chi connectivity index (χ0n) is 13.9. The number of ether oxygens (including phenoxy) is 1. The lowest BCUT2D eigenvalue weighted by atomic mass is 10.0. The number of hydrogen-bond acceptors (Lipinski definition) is 3. The summed E-state index contributed by atoms with van der Waals surface area (Å²) in [5.41, 5.74) is 2.15. The van der Waals surface area contributed by atoms with Gasteiger partial charge in [0.1, 0.15) is 5.75 Å². The van der Waals surface area contributed by atoms with Crippen molar-refractivity contribution in [1.29, 1.82) is 0 Å². The molecule has 1 aliphatic heterocycles. The highest BCUT2D eigenvalue weighted by atomic mass is 16.5. The van der Waals surface area contributed by atoms with Crippen LogP contribution < -0.4 is 10.1 Å². The van der Waals surface area contributed by atoms with Crippen LogP contribution in [0.5, 0.6) is 5.75 Å². The predicted octanol–water partition coefficient (Wildman–Crippen LogP) is 2.39. The highest BCUT2D eigenvalue weighted by molar-refractivity contribution is 5.88. The second-order valence-electron chi connectivity index (χ2n) is 6.19. The van der Waals surface area contributed by atoms with Crippen molar-refractivity contribution in [2.75, 3.05) is 20.2 Å². The fourth-order valence-corrected chi connectivity index (χ4v) is 3.01. The van der Waals surface area contributed by atoms with Gasteiger partial charge in [-0.2, -0.15) is 0 Å². The zero-order chi connectivity index (χ0) is 16.1. The van der Waals surface area contributed by atoms with Crippen LogP contribution in [0, 0.1) is 0 Å². The molecule has 1 fully saturated rings. The van der Waals surface area contributed by atoms with Gasteiger partial charge in [0.25, 0.3) is 0 Å². The van der Waals surface area contributed by atoms with Gasteiger partial charge in [0.15, 0.2) is 0 Å². The third kappa shape index (κ3) is 4.34. The average Bonchev–Trinajstić information content (AvgIpc) is 2.46. The number of benzene rings is 1. The number of allylic oxidation sites excluding steroid dienone is 1. The van der Waals surface area contributed by atoms with Crippen LogP contribution in [0.25, 0.3) is 0 Å². The molecular formula is C18H26N2O2. The summed E-state index contributed by atoms with van der Waals surface area (Å²) in [6.45, 7) is 7.76. The van der Waals surface area contributed by atoms with Crippen molar-refractivity contribution < 1.29 is 9.53 Å². The molecule has 4 nitrogen and oxygen atoms in total. The summed E-state index contributed by atoms with van der Waals surface area (Å²) in [5.74, 6) is 0.972. The monoisotopic (exact) mass is 302 g/mol. The SMILES string of the molecule is COc1ccccc1C/C(C)=C/C(=O)N1CC(C)NC(C)C1. The first-order valence-corrected chi connectivity index (χ1v) is 7.83. The van der Waals surface area contributed by atoms with Gasteiger partial charge in [0, 0.05) is 31.2 Å². The molecule has 1 heterocycles. The number of rotatable bonds is 4. The molecular weight excluding hydrogens is 276 g/mol. The van der Waals surface area contributed by atoms with E-state index in [9.17, 15) is 4.79 Å². The van der Waals surface area contributed by atoms with Crippen molar-refractivity contribution >= 4 is 5.91 Å². The Morgan fingerprint density at radius 1 is 1.32 bits per heavy atom. The molecule has 0 radical (unpaired) electrons. The molecule has 4 heteroatoms. The second kappa shape index (κ2) is 7.45. The summed E-state index contributed by atoms with van der Waals surface area (Å²) < 4.78 is 5.36. The molecule has 1 aliphatic rings. The van der Waals surface area contributed by atoms with E-state index in [0.717, 1.165) is 36.4 Å². The van der Waals surface area contributed by atoms with E-state index in [2.05, 4.69) is 19.2 Å². The summed E-state index contributed by atoms with van der Waals surface area (Å²) in [6.07, 6.45) is 2.49. The van der Waals surface area contributed by atoms with Crippen molar-refractivity contribution in [1.82, 2.24) is 10.2 Å². The summed E-state index contributed by atoms with van der Waals surface area (Å²) in [5, 5.41) is 3.44. The average molecular weight is 302 g/mol. The van der Waals surface area contributed by atoms with Crippen molar-refractivity contribution in [2.24, 2.45) is 0 Å². The topological polar surface area (TPSA) is 41.6 Å². The number of amides is 1. The molecule has 2 rings (SSSR count). The van der Waals surface area contributed by atoms with Crippen molar-refractivity contribution in [2.45, 2.75) is 39.3 Å². The van der Waals surface area contributed by atoms with Crippen LogP contribution >= 0.6 is 0 Å². The zero-order valence-corrected chi connectivity index (χ0v) is 13.9. The minimum atomic E-state index is 0.104. The predicted molar refractivity (Wildman–Crippen MR) is 89.1 cm³/mol. The Morgan fingerprint density at radius 2 is 1.95 bits per heavy atom. The third-order valence-corrected chi connectivity index (χ3v) is 3.90. The Bertz CT molecular complexity index is 544. The highest BCUT2D eigenvalue weighted by Crippen LogP contribution is 2.20. The van der Waals surface area contributed by atoms with Crippen LogP contribution in [0.4, 0.5) is 0 Å². The molecule has 1 aromatic carbocycles. The number of nitrogens with zero attached hydrogens (tertiary/aromatic N) is 1. The van der Waals surface area contributed by atoms with Gasteiger partial charge in [-0.3, -0.25) is 4.79 Å². The van der Waals surface area contributed by atoms with Gasteiger partial charge in [0.2, 0.25) is 5.91 Å². The Kier molecular flexibility index (Phi) is 5.61. The standard InChI is InChI=1S/C18H26N2O2/c1-13(9-16-7-5-6-8-17(16)22-4)10-18(21)20-11-14(2)19-15(3)12-20/h5-8,10,14-15,19H,9,11-12H2,1-4H3/b13-10+. The lowest BCUT2D eigenvalue weighted by molar-refractivity contribution is -0.127. The van der Waals surface area contributed by atoms with E-state index in [1.54, 1.807) is 13.2 Å². The van der Waals surface area contributed by atoms with Gasteiger partial charge in [0.05, 0.1) is 7.11 Å². The number of nitrogens with one attached hydrogen (secondary N) is 1. The van der Waals surface area contributed by atoms with E-state index in [-0.39, 0.29) is 5.91 Å². The molecule has 0 spiro atoms.